The molecule has 0 aliphatic rings. The number of hydrogen-bond donors (Lipinski definition) is 0. The van der Waals surface area contributed by atoms with Crippen molar-refractivity contribution in [3.8, 4) is 11.5 Å². The zero-order chi connectivity index (χ0) is 16.7. The molecular weight excluding hydrogens is 288 g/mol. The second-order valence-corrected chi connectivity index (χ2v) is 5.67. The Morgan fingerprint density at radius 2 is 1.87 bits per heavy atom. The second kappa shape index (κ2) is 8.37. The van der Waals surface area contributed by atoms with E-state index in [-0.39, 0.29) is 5.78 Å². The van der Waals surface area contributed by atoms with Crippen molar-refractivity contribution in [2.75, 3.05) is 6.61 Å². The van der Waals surface area contributed by atoms with Crippen molar-refractivity contribution in [1.29, 1.82) is 0 Å². The van der Waals surface area contributed by atoms with E-state index in [1.165, 1.54) is 5.56 Å². The molecule has 0 spiro atoms. The van der Waals surface area contributed by atoms with E-state index in [4.69, 9.17) is 9.47 Å². The Morgan fingerprint density at radius 1 is 1.04 bits per heavy atom. The Morgan fingerprint density at radius 3 is 2.57 bits per heavy atom. The first-order valence-corrected chi connectivity index (χ1v) is 8.02. The van der Waals surface area contributed by atoms with Gasteiger partial charge in [0.15, 0.2) is 0 Å². The highest BCUT2D eigenvalue weighted by Crippen LogP contribution is 2.22. The maximum absolute atomic E-state index is 11.1. The molecule has 0 bridgehead atoms. The molecule has 0 aliphatic heterocycles. The quantitative estimate of drug-likeness (QED) is 0.720. The molecule has 0 N–H and O–H groups in total. The minimum absolute atomic E-state index is 0.220. The number of Topliss-reactive ketones (excluding diaryl/α,β-unsaturated/α-hetero) is 1. The number of benzene rings is 2. The normalized spacial score (nSPS) is 10.4. The number of aryl methyl sites for hydroxylation is 2. The van der Waals surface area contributed by atoms with Crippen LogP contribution in [0.4, 0.5) is 0 Å². The molecule has 0 heterocycles. The third kappa shape index (κ3) is 5.44. The summed E-state index contributed by atoms with van der Waals surface area (Å²) in [6, 6.07) is 14.1. The van der Waals surface area contributed by atoms with Crippen LogP contribution in [0.3, 0.4) is 0 Å². The highest BCUT2D eigenvalue weighted by molar-refractivity contribution is 5.75. The molecule has 23 heavy (non-hydrogen) atoms. The summed E-state index contributed by atoms with van der Waals surface area (Å²) in [5.74, 6) is 1.96. The number of carbonyl (C=O) groups excluding carboxylic acids is 1. The molecule has 0 saturated carbocycles. The Kier molecular flexibility index (Phi) is 6.21. The third-order valence-corrected chi connectivity index (χ3v) is 3.61. The molecule has 0 fully saturated rings. The van der Waals surface area contributed by atoms with Gasteiger partial charge >= 0.3 is 0 Å². The van der Waals surface area contributed by atoms with Crippen LogP contribution in [-0.2, 0) is 17.8 Å². The molecule has 2 rings (SSSR count). The van der Waals surface area contributed by atoms with Crippen LogP contribution in [0.15, 0.2) is 42.5 Å². The Balaban J connectivity index is 1.97. The van der Waals surface area contributed by atoms with E-state index in [1.54, 1.807) is 6.92 Å². The van der Waals surface area contributed by atoms with E-state index in [0.717, 1.165) is 29.0 Å². The van der Waals surface area contributed by atoms with Crippen molar-refractivity contribution >= 4 is 5.78 Å². The van der Waals surface area contributed by atoms with E-state index in [1.807, 2.05) is 50.2 Å². The lowest BCUT2D eigenvalue weighted by Crippen LogP contribution is -1.99. The van der Waals surface area contributed by atoms with Gasteiger partial charge in [-0.15, -0.1) is 0 Å². The molecule has 3 nitrogen and oxygen atoms in total. The van der Waals surface area contributed by atoms with Crippen molar-refractivity contribution in [2.45, 2.75) is 40.2 Å². The first-order chi connectivity index (χ1) is 11.1. The number of carbonyl (C=O) groups is 1. The predicted octanol–water partition coefficient (Wildman–Crippen LogP) is 4.49. The van der Waals surface area contributed by atoms with Gasteiger partial charge in [0.05, 0.1) is 6.61 Å². The van der Waals surface area contributed by atoms with Crippen molar-refractivity contribution in [1.82, 2.24) is 0 Å². The topological polar surface area (TPSA) is 35.5 Å². The second-order valence-electron chi connectivity index (χ2n) is 5.67. The number of ketones is 1. The fourth-order valence-electron chi connectivity index (χ4n) is 2.40. The number of rotatable bonds is 8. The van der Waals surface area contributed by atoms with Crippen LogP contribution < -0.4 is 9.47 Å². The van der Waals surface area contributed by atoms with Gasteiger partial charge < -0.3 is 14.3 Å². The van der Waals surface area contributed by atoms with Crippen LogP contribution in [0.1, 0.15) is 37.0 Å². The molecule has 0 aliphatic carbocycles. The van der Waals surface area contributed by atoms with Crippen LogP contribution in [0.25, 0.3) is 0 Å². The molecule has 0 aromatic heterocycles. The van der Waals surface area contributed by atoms with Gasteiger partial charge in [0.25, 0.3) is 0 Å². The molecule has 0 saturated heterocycles. The van der Waals surface area contributed by atoms with E-state index < -0.39 is 0 Å². The maximum Gasteiger partial charge on any atom is 0.130 e. The minimum Gasteiger partial charge on any atom is -0.494 e. The summed E-state index contributed by atoms with van der Waals surface area (Å²) in [6.45, 7) is 6.80. The molecule has 0 amide bonds. The zero-order valence-electron chi connectivity index (χ0n) is 14.1. The standard InChI is InChI=1S/C20H24O3/c1-4-22-19-7-5-6-18(13-19)14-23-20-11-10-17(12-15(20)2)9-8-16(3)21/h5-7,10-13H,4,8-9,14H2,1-3H3. The van der Waals surface area contributed by atoms with Gasteiger partial charge in [-0.25, -0.2) is 0 Å². The lowest BCUT2D eigenvalue weighted by atomic mass is 10.1. The summed E-state index contributed by atoms with van der Waals surface area (Å²) in [4.78, 5) is 11.1. The van der Waals surface area contributed by atoms with Crippen LogP contribution >= 0.6 is 0 Å². The molecule has 0 radical (unpaired) electrons. The van der Waals surface area contributed by atoms with Crippen LogP contribution in [-0.4, -0.2) is 12.4 Å². The fourth-order valence-corrected chi connectivity index (χ4v) is 2.40. The van der Waals surface area contributed by atoms with Gasteiger partial charge in [0, 0.05) is 6.42 Å². The van der Waals surface area contributed by atoms with Crippen LogP contribution in [0, 0.1) is 6.92 Å². The van der Waals surface area contributed by atoms with Gasteiger partial charge in [-0.3, -0.25) is 0 Å². The molecule has 3 heteroatoms. The van der Waals surface area contributed by atoms with Crippen molar-refractivity contribution in [3.63, 3.8) is 0 Å². The Hall–Kier alpha value is -2.29. The average Bonchev–Trinajstić information content (AvgIpc) is 2.53. The van der Waals surface area contributed by atoms with Gasteiger partial charge in [0.2, 0.25) is 0 Å². The predicted molar refractivity (Wildman–Crippen MR) is 92.1 cm³/mol. The van der Waals surface area contributed by atoms with E-state index in [2.05, 4.69) is 6.07 Å². The lowest BCUT2D eigenvalue weighted by Gasteiger charge is -2.11. The summed E-state index contributed by atoms with van der Waals surface area (Å²) in [7, 11) is 0. The van der Waals surface area contributed by atoms with E-state index >= 15 is 0 Å². The smallest absolute Gasteiger partial charge is 0.130 e. The molecule has 2 aromatic rings. The monoisotopic (exact) mass is 312 g/mol. The van der Waals surface area contributed by atoms with Crippen molar-refractivity contribution in [3.05, 3.63) is 59.2 Å². The molecule has 0 unspecified atom stereocenters. The average molecular weight is 312 g/mol. The molecule has 122 valence electrons. The molecule has 0 atom stereocenters. The highest BCUT2D eigenvalue weighted by atomic mass is 16.5. The van der Waals surface area contributed by atoms with Gasteiger partial charge in [-0.05, 0) is 62.1 Å². The van der Waals surface area contributed by atoms with Crippen molar-refractivity contribution < 1.29 is 14.3 Å². The van der Waals surface area contributed by atoms with Gasteiger partial charge in [-0.2, -0.15) is 0 Å². The summed E-state index contributed by atoms with van der Waals surface area (Å²) in [6.07, 6.45) is 1.37. The highest BCUT2D eigenvalue weighted by Gasteiger charge is 2.04. The van der Waals surface area contributed by atoms with Gasteiger partial charge in [0.1, 0.15) is 23.9 Å². The summed E-state index contributed by atoms with van der Waals surface area (Å²) < 4.78 is 11.4. The Labute approximate surface area is 138 Å². The summed E-state index contributed by atoms with van der Waals surface area (Å²) in [5, 5.41) is 0. The molecular formula is C20H24O3. The lowest BCUT2D eigenvalue weighted by molar-refractivity contribution is -0.116. The Bertz CT molecular complexity index is 662. The summed E-state index contributed by atoms with van der Waals surface area (Å²) in [5.41, 5.74) is 3.34. The number of ether oxygens (including phenoxy) is 2. The largest absolute Gasteiger partial charge is 0.494 e. The minimum atomic E-state index is 0.220. The van der Waals surface area contributed by atoms with Crippen molar-refractivity contribution in [2.24, 2.45) is 0 Å². The number of hydrogen-bond acceptors (Lipinski definition) is 3. The van der Waals surface area contributed by atoms with E-state index in [0.29, 0.717) is 19.6 Å². The third-order valence-electron chi connectivity index (χ3n) is 3.61. The molecule has 2 aromatic carbocycles. The zero-order valence-corrected chi connectivity index (χ0v) is 14.1. The van der Waals surface area contributed by atoms with Gasteiger partial charge in [-0.1, -0.05) is 24.3 Å². The fraction of sp³-hybridized carbons (Fsp3) is 0.350. The van der Waals surface area contributed by atoms with E-state index in [9.17, 15) is 4.79 Å². The first-order valence-electron chi connectivity index (χ1n) is 8.02. The maximum atomic E-state index is 11.1. The first kappa shape index (κ1) is 17.1. The van der Waals surface area contributed by atoms with Crippen LogP contribution in [0.5, 0.6) is 11.5 Å². The SMILES string of the molecule is CCOc1cccc(COc2ccc(CCC(C)=O)cc2C)c1. The van der Waals surface area contributed by atoms with Crippen LogP contribution in [0.2, 0.25) is 0 Å². The summed E-state index contributed by atoms with van der Waals surface area (Å²) >= 11 is 0.